The van der Waals surface area contributed by atoms with Gasteiger partial charge in [0.25, 0.3) is 0 Å². The smallest absolute Gasteiger partial charge is 0.550 e. The van der Waals surface area contributed by atoms with Crippen molar-refractivity contribution in [1.82, 2.24) is 0 Å². The Balaban J connectivity index is 0.00000180. The van der Waals surface area contributed by atoms with E-state index < -0.39 is 34.6 Å². The van der Waals surface area contributed by atoms with Crippen LogP contribution in [0, 0.1) is 28.6 Å². The van der Waals surface area contributed by atoms with E-state index in [1.54, 1.807) is 6.92 Å². The second-order valence-corrected chi connectivity index (χ2v) is 6.20. The van der Waals surface area contributed by atoms with E-state index in [1.165, 1.54) is 0 Å². The molecule has 0 heterocycles. The summed E-state index contributed by atoms with van der Waals surface area (Å²) in [5.74, 6) is -4.48. The predicted octanol–water partition coefficient (Wildman–Crippen LogP) is -0.650. The third-order valence-electron chi connectivity index (χ3n) is 5.08. The van der Waals surface area contributed by atoms with E-state index in [4.69, 9.17) is 0 Å². The van der Waals surface area contributed by atoms with Gasteiger partial charge < -0.3 is 19.8 Å². The van der Waals surface area contributed by atoms with Crippen LogP contribution in [0.1, 0.15) is 33.6 Å². The van der Waals surface area contributed by atoms with Gasteiger partial charge in [-0.05, 0) is 29.6 Å². The molecule has 4 atom stereocenters. The van der Waals surface area contributed by atoms with Gasteiger partial charge in [-0.25, -0.2) is 0 Å². The zero-order valence-electron chi connectivity index (χ0n) is 11.4. The van der Waals surface area contributed by atoms with Gasteiger partial charge in [0.15, 0.2) is 0 Å². The van der Waals surface area contributed by atoms with E-state index >= 15 is 0 Å². The Kier molecular flexibility index (Phi) is 4.54. The van der Waals surface area contributed by atoms with Gasteiger partial charge >= 0.3 is 27.3 Å². The molecule has 102 valence electrons. The summed E-state index contributed by atoms with van der Waals surface area (Å²) in [5.41, 5.74) is -1.23. The molecule has 2 radical (unpaired) electrons. The molecule has 2 bridgehead atoms. The molecule has 0 unspecified atom stereocenters. The molecule has 3 aliphatic carbocycles. The van der Waals surface area contributed by atoms with E-state index in [2.05, 4.69) is 0 Å². The predicted molar refractivity (Wildman–Crippen MR) is 66.5 cm³/mol. The SMILES string of the molecule is CC(C)[C@@]12C=C[C@@](C)(CC1)[C@H](C(=O)[O-])[C@@H]2C(=O)[O-].[Pb+2]. The number of carboxylic acid groups (broad SMARTS) is 2. The quantitative estimate of drug-likeness (QED) is 0.417. The first-order valence-electron chi connectivity index (χ1n) is 6.37. The van der Waals surface area contributed by atoms with E-state index in [0.29, 0.717) is 12.8 Å². The summed E-state index contributed by atoms with van der Waals surface area (Å²) < 4.78 is 0. The van der Waals surface area contributed by atoms with Crippen molar-refractivity contribution in [3.05, 3.63) is 12.2 Å². The first-order chi connectivity index (χ1) is 8.24. The second-order valence-electron chi connectivity index (χ2n) is 6.20. The number of hydrogen-bond acceptors (Lipinski definition) is 4. The summed E-state index contributed by atoms with van der Waals surface area (Å²) >= 11 is 0. The largest absolute Gasteiger partial charge is 2.00 e. The third-order valence-corrected chi connectivity index (χ3v) is 5.08. The van der Waals surface area contributed by atoms with Crippen molar-refractivity contribution in [2.75, 3.05) is 0 Å². The molecule has 0 aromatic carbocycles. The molecule has 3 rings (SSSR count). The van der Waals surface area contributed by atoms with Crippen LogP contribution in [0.5, 0.6) is 0 Å². The summed E-state index contributed by atoms with van der Waals surface area (Å²) in [4.78, 5) is 22.9. The van der Waals surface area contributed by atoms with Crippen LogP contribution in [0.25, 0.3) is 0 Å². The van der Waals surface area contributed by atoms with E-state index in [-0.39, 0.29) is 33.2 Å². The van der Waals surface area contributed by atoms with Gasteiger partial charge in [0, 0.05) is 23.8 Å². The van der Waals surface area contributed by atoms with Crippen LogP contribution in [-0.2, 0) is 9.59 Å². The summed E-state index contributed by atoms with van der Waals surface area (Å²) in [6.45, 7) is 5.66. The maximum atomic E-state index is 11.5. The summed E-state index contributed by atoms with van der Waals surface area (Å²) in [7, 11) is 0. The first kappa shape index (κ1) is 16.7. The van der Waals surface area contributed by atoms with Gasteiger partial charge in [-0.3, -0.25) is 0 Å². The molecule has 0 amide bonds. The van der Waals surface area contributed by atoms with E-state index in [0.717, 1.165) is 0 Å². The number of hydrogen-bond donors (Lipinski definition) is 0. The van der Waals surface area contributed by atoms with Gasteiger partial charge in [-0.15, -0.1) is 0 Å². The molecule has 0 aromatic rings. The summed E-state index contributed by atoms with van der Waals surface area (Å²) in [6.07, 6.45) is 5.15. The van der Waals surface area contributed by atoms with E-state index in [9.17, 15) is 19.8 Å². The molecule has 0 N–H and O–H groups in total. The molecule has 0 spiro atoms. The van der Waals surface area contributed by atoms with Crippen molar-refractivity contribution in [3.8, 4) is 0 Å². The Morgan fingerprint density at radius 2 is 1.63 bits per heavy atom. The first-order valence-corrected chi connectivity index (χ1v) is 6.37. The van der Waals surface area contributed by atoms with Crippen molar-refractivity contribution in [2.45, 2.75) is 33.6 Å². The number of carboxylic acids is 2. The minimum absolute atomic E-state index is 0. The maximum Gasteiger partial charge on any atom is 2.00 e. The van der Waals surface area contributed by atoms with E-state index in [1.807, 2.05) is 26.0 Å². The Morgan fingerprint density at radius 3 is 1.95 bits per heavy atom. The van der Waals surface area contributed by atoms with Crippen LogP contribution in [0.3, 0.4) is 0 Å². The average molecular weight is 457 g/mol. The molecule has 0 aromatic heterocycles. The molecule has 3 aliphatic rings. The summed E-state index contributed by atoms with van der Waals surface area (Å²) in [6, 6.07) is 0. The van der Waals surface area contributed by atoms with Crippen molar-refractivity contribution in [2.24, 2.45) is 28.6 Å². The Labute approximate surface area is 133 Å². The Bertz CT molecular complexity index is 431. The second kappa shape index (κ2) is 5.18. The van der Waals surface area contributed by atoms with Crippen LogP contribution >= 0.6 is 0 Å². The number of aliphatic carboxylic acids is 2. The molecule has 5 heteroatoms. The molecule has 1 saturated carbocycles. The van der Waals surface area contributed by atoms with Crippen LogP contribution < -0.4 is 10.2 Å². The zero-order chi connectivity index (χ0) is 13.7. The summed E-state index contributed by atoms with van der Waals surface area (Å²) in [5, 5.41) is 22.9. The fourth-order valence-electron chi connectivity index (χ4n) is 3.81. The monoisotopic (exact) mass is 458 g/mol. The standard InChI is InChI=1S/C14H20O4.Pb/c1-8(2)14-6-4-13(3,5-7-14)9(11(15)16)10(14)12(17)18;/h4,6,8-10H,5,7H2,1-3H3,(H,15,16)(H,17,18);/q;+2/p-2/t9-,10+,13-,14+;/m0./s1. The molecular formula is C14H18O4Pb. The van der Waals surface area contributed by atoms with Crippen molar-refractivity contribution in [1.29, 1.82) is 0 Å². The third kappa shape index (κ3) is 2.25. The number of carbonyl (C=O) groups is 2. The number of rotatable bonds is 3. The van der Waals surface area contributed by atoms with Gasteiger partial charge in [-0.2, -0.15) is 0 Å². The molecule has 0 aliphatic heterocycles. The van der Waals surface area contributed by atoms with Gasteiger partial charge in [-0.1, -0.05) is 32.9 Å². The Morgan fingerprint density at radius 1 is 1.11 bits per heavy atom. The van der Waals surface area contributed by atoms with Crippen LogP contribution in [-0.4, -0.2) is 39.2 Å². The van der Waals surface area contributed by atoms with Crippen LogP contribution in [0.2, 0.25) is 0 Å². The maximum absolute atomic E-state index is 11.5. The minimum atomic E-state index is -1.28. The number of fused-ring (bicyclic) bond motifs is 2. The van der Waals surface area contributed by atoms with Crippen molar-refractivity contribution in [3.63, 3.8) is 0 Å². The van der Waals surface area contributed by atoms with Crippen molar-refractivity contribution >= 4 is 39.2 Å². The number of carbonyl (C=O) groups excluding carboxylic acids is 2. The van der Waals surface area contributed by atoms with Crippen molar-refractivity contribution < 1.29 is 19.8 Å². The van der Waals surface area contributed by atoms with Crippen LogP contribution in [0.4, 0.5) is 0 Å². The molecule has 1 fully saturated rings. The average Bonchev–Trinajstić information content (AvgIpc) is 2.27. The fraction of sp³-hybridized carbons (Fsp3) is 0.714. The molecule has 19 heavy (non-hydrogen) atoms. The fourth-order valence-corrected chi connectivity index (χ4v) is 3.81. The zero-order valence-corrected chi connectivity index (χ0v) is 15.3. The topological polar surface area (TPSA) is 80.3 Å². The Hall–Kier alpha value is -0.398. The van der Waals surface area contributed by atoms with Gasteiger partial charge in [0.2, 0.25) is 0 Å². The normalized spacial score (nSPS) is 40.0. The molecule has 4 nitrogen and oxygen atoms in total. The minimum Gasteiger partial charge on any atom is -0.550 e. The molecule has 0 saturated heterocycles. The van der Waals surface area contributed by atoms with Gasteiger partial charge in [0.05, 0.1) is 0 Å². The van der Waals surface area contributed by atoms with Crippen LogP contribution in [0.15, 0.2) is 12.2 Å². The molecular weight excluding hydrogens is 439 g/mol. The number of allylic oxidation sites excluding steroid dienone is 2. The van der Waals surface area contributed by atoms with Gasteiger partial charge in [0.1, 0.15) is 0 Å².